The van der Waals surface area contributed by atoms with Crippen LogP contribution in [0.4, 0.5) is 0 Å². The van der Waals surface area contributed by atoms with Gasteiger partial charge in [-0.2, -0.15) is 0 Å². The van der Waals surface area contributed by atoms with Crippen LogP contribution in [0.1, 0.15) is 17.3 Å². The molecule has 90 valence electrons. The molecule has 3 aromatic rings. The minimum atomic E-state index is 0.00208. The molecule has 1 aromatic carbocycles. The number of pyridine rings is 1. The van der Waals surface area contributed by atoms with E-state index >= 15 is 0 Å². The van der Waals surface area contributed by atoms with Crippen molar-refractivity contribution in [2.45, 2.75) is 12.5 Å². The first-order chi connectivity index (χ1) is 8.84. The van der Waals surface area contributed by atoms with E-state index in [2.05, 4.69) is 34.6 Å². The van der Waals surface area contributed by atoms with Crippen LogP contribution in [-0.4, -0.2) is 4.98 Å². The van der Waals surface area contributed by atoms with Crippen LogP contribution in [0.3, 0.4) is 0 Å². The van der Waals surface area contributed by atoms with Gasteiger partial charge in [-0.05, 0) is 34.5 Å². The number of rotatable bonds is 3. The van der Waals surface area contributed by atoms with E-state index < -0.39 is 0 Å². The molecule has 3 rings (SSSR count). The predicted molar refractivity (Wildman–Crippen MR) is 76.7 cm³/mol. The Hall–Kier alpha value is -1.71. The Morgan fingerprint density at radius 1 is 1.11 bits per heavy atom. The number of nitrogens with zero attached hydrogens (tertiary/aromatic N) is 1. The van der Waals surface area contributed by atoms with E-state index in [0.29, 0.717) is 0 Å². The highest BCUT2D eigenvalue weighted by molar-refractivity contribution is 7.17. The maximum absolute atomic E-state index is 6.32. The van der Waals surface area contributed by atoms with E-state index in [9.17, 15) is 0 Å². The molecule has 0 amide bonds. The predicted octanol–water partition coefficient (Wildman–Crippen LogP) is 3.54. The summed E-state index contributed by atoms with van der Waals surface area (Å²) in [5.41, 5.74) is 8.58. The summed E-state index contributed by atoms with van der Waals surface area (Å²) < 4.78 is 1.29. The van der Waals surface area contributed by atoms with E-state index in [0.717, 1.165) is 12.1 Å². The fourth-order valence-corrected chi connectivity index (χ4v) is 3.14. The molecule has 18 heavy (non-hydrogen) atoms. The Bertz CT molecular complexity index is 646. The molecule has 1 atom stereocenters. The summed E-state index contributed by atoms with van der Waals surface area (Å²) in [7, 11) is 0. The van der Waals surface area contributed by atoms with Gasteiger partial charge in [-0.3, -0.25) is 4.98 Å². The summed E-state index contributed by atoms with van der Waals surface area (Å²) in [5, 5.41) is 3.38. The van der Waals surface area contributed by atoms with Crippen molar-refractivity contribution in [2.75, 3.05) is 0 Å². The van der Waals surface area contributed by atoms with Gasteiger partial charge in [-0.25, -0.2) is 0 Å². The van der Waals surface area contributed by atoms with Crippen LogP contribution in [0.25, 0.3) is 10.1 Å². The summed E-state index contributed by atoms with van der Waals surface area (Å²) in [6.45, 7) is 0. The van der Waals surface area contributed by atoms with Gasteiger partial charge in [0.2, 0.25) is 0 Å². The van der Waals surface area contributed by atoms with Crippen LogP contribution in [0.15, 0.2) is 54.0 Å². The molecule has 0 fully saturated rings. The van der Waals surface area contributed by atoms with Crippen LogP contribution >= 0.6 is 11.3 Å². The van der Waals surface area contributed by atoms with E-state index in [1.54, 1.807) is 11.3 Å². The second-order valence-corrected chi connectivity index (χ2v) is 5.23. The summed E-state index contributed by atoms with van der Waals surface area (Å²) in [4.78, 5) is 4.34. The molecule has 0 aliphatic carbocycles. The van der Waals surface area contributed by atoms with Crippen LogP contribution in [0.2, 0.25) is 0 Å². The van der Waals surface area contributed by atoms with Crippen molar-refractivity contribution in [3.8, 4) is 0 Å². The zero-order chi connectivity index (χ0) is 12.4. The van der Waals surface area contributed by atoms with Crippen LogP contribution in [0, 0.1) is 0 Å². The Kier molecular flexibility index (Phi) is 3.09. The zero-order valence-corrected chi connectivity index (χ0v) is 10.7. The highest BCUT2D eigenvalue weighted by Gasteiger charge is 2.11. The van der Waals surface area contributed by atoms with Crippen molar-refractivity contribution >= 4 is 21.4 Å². The molecule has 0 saturated carbocycles. The van der Waals surface area contributed by atoms with E-state index in [-0.39, 0.29) is 6.04 Å². The number of fused-ring (bicyclic) bond motifs is 1. The quantitative estimate of drug-likeness (QED) is 0.776. The van der Waals surface area contributed by atoms with Crippen molar-refractivity contribution in [1.82, 2.24) is 4.98 Å². The second-order valence-electron chi connectivity index (χ2n) is 4.32. The normalized spacial score (nSPS) is 12.7. The largest absolute Gasteiger partial charge is 0.324 e. The Morgan fingerprint density at radius 2 is 2.06 bits per heavy atom. The molecule has 0 saturated heterocycles. The molecule has 2 nitrogen and oxygen atoms in total. The number of nitrogens with two attached hydrogens (primary N) is 1. The van der Waals surface area contributed by atoms with Gasteiger partial charge in [-0.1, -0.05) is 24.3 Å². The van der Waals surface area contributed by atoms with Crippen LogP contribution in [-0.2, 0) is 6.42 Å². The molecule has 3 heteroatoms. The summed E-state index contributed by atoms with van der Waals surface area (Å²) in [5.74, 6) is 0. The van der Waals surface area contributed by atoms with Gasteiger partial charge in [0.1, 0.15) is 0 Å². The third-order valence-electron chi connectivity index (χ3n) is 3.06. The van der Waals surface area contributed by atoms with Crippen molar-refractivity contribution in [3.63, 3.8) is 0 Å². The van der Waals surface area contributed by atoms with Crippen molar-refractivity contribution in [1.29, 1.82) is 0 Å². The fourth-order valence-electron chi connectivity index (χ4n) is 2.16. The standard InChI is InChI=1S/C15H14N2S/c16-14(10-12-5-1-2-8-17-12)13-6-3-4-11-7-9-18-15(11)13/h1-9,14H,10,16H2. The van der Waals surface area contributed by atoms with Crippen molar-refractivity contribution in [3.05, 3.63) is 65.3 Å². The molecule has 2 aromatic heterocycles. The third kappa shape index (κ3) is 2.15. The highest BCUT2D eigenvalue weighted by Crippen LogP contribution is 2.29. The molecular formula is C15H14N2S. The lowest BCUT2D eigenvalue weighted by Crippen LogP contribution is -2.14. The lowest BCUT2D eigenvalue weighted by Gasteiger charge is -2.12. The first-order valence-electron chi connectivity index (χ1n) is 5.96. The van der Waals surface area contributed by atoms with E-state index in [4.69, 9.17) is 5.73 Å². The number of thiophene rings is 1. The number of benzene rings is 1. The molecule has 0 radical (unpaired) electrons. The average molecular weight is 254 g/mol. The lowest BCUT2D eigenvalue weighted by atomic mass is 10.0. The molecule has 0 bridgehead atoms. The summed E-state index contributed by atoms with van der Waals surface area (Å²) in [6, 6.07) is 14.4. The first-order valence-corrected chi connectivity index (χ1v) is 6.84. The Morgan fingerprint density at radius 3 is 2.89 bits per heavy atom. The van der Waals surface area contributed by atoms with E-state index in [1.165, 1.54) is 15.6 Å². The minimum absolute atomic E-state index is 0.00208. The van der Waals surface area contributed by atoms with Gasteiger partial charge >= 0.3 is 0 Å². The van der Waals surface area contributed by atoms with E-state index in [1.807, 2.05) is 24.4 Å². The minimum Gasteiger partial charge on any atom is -0.324 e. The summed E-state index contributed by atoms with van der Waals surface area (Å²) >= 11 is 1.75. The molecule has 0 aliphatic rings. The molecule has 2 heterocycles. The number of hydrogen-bond acceptors (Lipinski definition) is 3. The number of hydrogen-bond donors (Lipinski definition) is 1. The average Bonchev–Trinajstić information content (AvgIpc) is 2.87. The first kappa shape index (κ1) is 11.4. The lowest BCUT2D eigenvalue weighted by molar-refractivity contribution is 0.713. The maximum atomic E-state index is 6.32. The van der Waals surface area contributed by atoms with Crippen LogP contribution in [0.5, 0.6) is 0 Å². The highest BCUT2D eigenvalue weighted by atomic mass is 32.1. The monoisotopic (exact) mass is 254 g/mol. The number of aromatic nitrogens is 1. The van der Waals surface area contributed by atoms with Gasteiger partial charge in [0.05, 0.1) is 0 Å². The zero-order valence-electron chi connectivity index (χ0n) is 9.91. The fraction of sp³-hybridized carbons (Fsp3) is 0.133. The van der Waals surface area contributed by atoms with Gasteiger partial charge < -0.3 is 5.73 Å². The molecule has 0 spiro atoms. The van der Waals surface area contributed by atoms with Crippen molar-refractivity contribution < 1.29 is 0 Å². The summed E-state index contributed by atoms with van der Waals surface area (Å²) in [6.07, 6.45) is 2.59. The third-order valence-corrected chi connectivity index (χ3v) is 4.04. The Balaban J connectivity index is 1.92. The second kappa shape index (κ2) is 4.88. The molecule has 2 N–H and O–H groups in total. The molecule has 1 unspecified atom stereocenters. The van der Waals surface area contributed by atoms with Gasteiger partial charge in [0.15, 0.2) is 0 Å². The SMILES string of the molecule is NC(Cc1ccccn1)c1cccc2ccsc12. The van der Waals surface area contributed by atoms with Gasteiger partial charge in [0, 0.05) is 29.1 Å². The smallest absolute Gasteiger partial charge is 0.0422 e. The molecular weight excluding hydrogens is 240 g/mol. The topological polar surface area (TPSA) is 38.9 Å². The Labute approximate surface area is 110 Å². The van der Waals surface area contributed by atoms with Crippen LogP contribution < -0.4 is 5.73 Å². The maximum Gasteiger partial charge on any atom is 0.0422 e. The van der Waals surface area contributed by atoms with Gasteiger partial charge in [-0.15, -0.1) is 11.3 Å². The molecule has 0 aliphatic heterocycles. The van der Waals surface area contributed by atoms with Crippen molar-refractivity contribution in [2.24, 2.45) is 5.73 Å². The van der Waals surface area contributed by atoms with Gasteiger partial charge in [0.25, 0.3) is 0 Å².